The van der Waals surface area contributed by atoms with Gasteiger partial charge in [-0.2, -0.15) is 18.2 Å². The summed E-state index contributed by atoms with van der Waals surface area (Å²) in [6.45, 7) is 6.62. The summed E-state index contributed by atoms with van der Waals surface area (Å²) in [4.78, 5) is 20.3. The standard InChI is InChI=1S/C37H46F4N4O4/c1-32(2,38)30-43-29(44-49-30)35-19-16-34(17-20-35,18-21-35)23-45(31(46)42-27-12-14-36(48,15-13-27)37(39,40)41)28-7-5-6-25(22-28)24-8-10-26(11-9-24)33(3,4)47/h5-11,22,27,47-48H,12-21,23H2,1-4H3,(H,42,46). The number of aromatic nitrogens is 2. The van der Waals surface area contributed by atoms with Gasteiger partial charge in [0.2, 0.25) is 0 Å². The monoisotopic (exact) mass is 686 g/mol. The zero-order valence-corrected chi connectivity index (χ0v) is 28.5. The molecule has 4 aliphatic rings. The number of carbonyl (C=O) groups excluding carboxylic acids is 1. The van der Waals surface area contributed by atoms with Crippen molar-refractivity contribution in [2.75, 3.05) is 11.4 Å². The van der Waals surface area contributed by atoms with Crippen molar-refractivity contribution in [1.29, 1.82) is 0 Å². The lowest BCUT2D eigenvalue weighted by Crippen LogP contribution is -2.55. The fourth-order valence-electron chi connectivity index (χ4n) is 7.83. The smallest absolute Gasteiger partial charge is 0.386 e. The average Bonchev–Trinajstić information content (AvgIpc) is 3.58. The first-order chi connectivity index (χ1) is 22.8. The molecule has 0 spiro atoms. The molecule has 7 rings (SSSR count). The number of benzene rings is 2. The molecule has 2 aromatic carbocycles. The highest BCUT2D eigenvalue weighted by Crippen LogP contribution is 2.58. The van der Waals surface area contributed by atoms with E-state index < -0.39 is 41.9 Å². The van der Waals surface area contributed by atoms with E-state index in [9.17, 15) is 32.6 Å². The summed E-state index contributed by atoms with van der Waals surface area (Å²) in [5.41, 5.74) is -2.77. The van der Waals surface area contributed by atoms with Crippen molar-refractivity contribution in [2.45, 2.75) is 126 Å². The zero-order valence-electron chi connectivity index (χ0n) is 28.5. The predicted octanol–water partition coefficient (Wildman–Crippen LogP) is 8.21. The van der Waals surface area contributed by atoms with Crippen LogP contribution in [0.15, 0.2) is 53.1 Å². The molecule has 0 saturated heterocycles. The summed E-state index contributed by atoms with van der Waals surface area (Å²) >= 11 is 0. The van der Waals surface area contributed by atoms with Gasteiger partial charge < -0.3 is 20.1 Å². The number of fused-ring (bicyclic) bond motifs is 3. The Balaban J connectivity index is 1.24. The van der Waals surface area contributed by atoms with E-state index >= 15 is 0 Å². The number of urea groups is 1. The molecule has 0 radical (unpaired) electrons. The van der Waals surface area contributed by atoms with Crippen molar-refractivity contribution >= 4 is 11.7 Å². The van der Waals surface area contributed by atoms with Gasteiger partial charge in [-0.3, -0.25) is 4.90 Å². The van der Waals surface area contributed by atoms with Crippen LogP contribution in [-0.4, -0.2) is 50.7 Å². The second-order valence-corrected chi connectivity index (χ2v) is 15.7. The molecule has 1 heterocycles. The second-order valence-electron chi connectivity index (χ2n) is 15.7. The van der Waals surface area contributed by atoms with Gasteiger partial charge in [0.1, 0.15) is 0 Å². The van der Waals surface area contributed by atoms with Crippen molar-refractivity contribution in [3.05, 3.63) is 65.8 Å². The van der Waals surface area contributed by atoms with Crippen LogP contribution in [0.25, 0.3) is 11.1 Å². The van der Waals surface area contributed by atoms with Crippen LogP contribution in [0.5, 0.6) is 0 Å². The zero-order chi connectivity index (χ0) is 35.5. The number of nitrogens with one attached hydrogen (secondary N) is 1. The Bertz CT molecular complexity index is 1630. The highest BCUT2D eigenvalue weighted by Gasteiger charge is 2.55. The molecule has 4 fully saturated rings. The summed E-state index contributed by atoms with van der Waals surface area (Å²) < 4.78 is 60.2. The van der Waals surface area contributed by atoms with Gasteiger partial charge in [-0.15, -0.1) is 0 Å². The number of alkyl halides is 4. The lowest BCUT2D eigenvalue weighted by molar-refractivity contribution is -0.270. The molecule has 1 aromatic heterocycles. The van der Waals surface area contributed by atoms with Gasteiger partial charge in [-0.25, -0.2) is 9.18 Å². The largest absolute Gasteiger partial charge is 0.417 e. The first kappa shape index (κ1) is 35.3. The highest BCUT2D eigenvalue weighted by atomic mass is 19.4. The summed E-state index contributed by atoms with van der Waals surface area (Å²) in [6.07, 6.45) is -0.970. The first-order valence-electron chi connectivity index (χ1n) is 17.2. The van der Waals surface area contributed by atoms with Gasteiger partial charge in [-0.05, 0) is 126 Å². The van der Waals surface area contributed by atoms with E-state index in [1.807, 2.05) is 48.5 Å². The number of rotatable bonds is 8. The SMILES string of the molecule is CC(C)(O)c1ccc(-c2cccc(N(CC34CCC(c5noc(C(C)(C)F)n5)(CC3)CC4)C(=O)NC3CCC(O)(C(F)(F)F)CC3)c2)cc1. The van der Waals surface area contributed by atoms with E-state index in [0.717, 1.165) is 55.2 Å². The van der Waals surface area contributed by atoms with Crippen LogP contribution in [0.2, 0.25) is 0 Å². The Labute approximate surface area is 284 Å². The molecular formula is C37H46F4N4O4. The minimum atomic E-state index is -4.72. The van der Waals surface area contributed by atoms with E-state index in [1.165, 1.54) is 13.8 Å². The van der Waals surface area contributed by atoms with E-state index in [1.54, 1.807) is 18.7 Å². The molecule has 4 saturated carbocycles. The summed E-state index contributed by atoms with van der Waals surface area (Å²) in [5, 5.41) is 27.8. The Morgan fingerprint density at radius 1 is 0.918 bits per heavy atom. The normalized spacial score (nSPS) is 27.6. The topological polar surface area (TPSA) is 112 Å². The van der Waals surface area contributed by atoms with Crippen molar-refractivity contribution in [2.24, 2.45) is 5.41 Å². The second kappa shape index (κ2) is 12.4. The van der Waals surface area contributed by atoms with Crippen molar-refractivity contribution in [1.82, 2.24) is 15.5 Å². The summed E-state index contributed by atoms with van der Waals surface area (Å²) in [6, 6.07) is 14.3. The number of hydrogen-bond acceptors (Lipinski definition) is 6. The molecule has 0 atom stereocenters. The fourth-order valence-corrected chi connectivity index (χ4v) is 7.83. The number of amides is 2. The van der Waals surface area contributed by atoms with Gasteiger partial charge in [0.25, 0.3) is 5.89 Å². The molecule has 12 heteroatoms. The van der Waals surface area contributed by atoms with Crippen molar-refractivity contribution in [3.8, 4) is 11.1 Å². The third kappa shape index (κ3) is 7.08. The maximum atomic E-state index is 14.5. The minimum Gasteiger partial charge on any atom is -0.386 e. The number of hydrogen-bond donors (Lipinski definition) is 3. The molecule has 8 nitrogen and oxygen atoms in total. The van der Waals surface area contributed by atoms with E-state index in [4.69, 9.17) is 4.52 Å². The lowest BCUT2D eigenvalue weighted by Gasteiger charge is -2.53. The Morgan fingerprint density at radius 3 is 2.06 bits per heavy atom. The van der Waals surface area contributed by atoms with Crippen LogP contribution in [-0.2, 0) is 16.7 Å². The third-order valence-corrected chi connectivity index (χ3v) is 11.3. The van der Waals surface area contributed by atoms with Crippen LogP contribution >= 0.6 is 0 Å². The Hall–Kier alpha value is -3.51. The third-order valence-electron chi connectivity index (χ3n) is 11.3. The average molecular weight is 687 g/mol. The molecular weight excluding hydrogens is 640 g/mol. The molecule has 4 aliphatic carbocycles. The van der Waals surface area contributed by atoms with Gasteiger partial charge in [0.15, 0.2) is 17.1 Å². The van der Waals surface area contributed by atoms with Gasteiger partial charge in [0.05, 0.1) is 5.60 Å². The quantitative estimate of drug-likeness (QED) is 0.206. The minimum absolute atomic E-state index is 0.0131. The number of nitrogens with zero attached hydrogens (tertiary/aromatic N) is 3. The first-order valence-corrected chi connectivity index (χ1v) is 17.2. The number of aliphatic hydroxyl groups is 2. The number of carbonyl (C=O) groups is 1. The lowest BCUT2D eigenvalue weighted by atomic mass is 9.53. The molecule has 2 bridgehead atoms. The molecule has 0 unspecified atom stereocenters. The van der Waals surface area contributed by atoms with Crippen LogP contribution < -0.4 is 10.2 Å². The van der Waals surface area contributed by atoms with Crippen LogP contribution in [0.1, 0.15) is 109 Å². The number of anilines is 1. The number of halogens is 4. The van der Waals surface area contributed by atoms with Crippen LogP contribution in [0, 0.1) is 5.41 Å². The predicted molar refractivity (Wildman–Crippen MR) is 177 cm³/mol. The van der Waals surface area contributed by atoms with Crippen LogP contribution in [0.3, 0.4) is 0 Å². The van der Waals surface area contributed by atoms with E-state index in [2.05, 4.69) is 15.5 Å². The molecule has 0 aliphatic heterocycles. The maximum absolute atomic E-state index is 14.5. The highest BCUT2D eigenvalue weighted by molar-refractivity contribution is 5.93. The molecule has 3 N–H and O–H groups in total. The van der Waals surface area contributed by atoms with Gasteiger partial charge in [0, 0.05) is 23.7 Å². The van der Waals surface area contributed by atoms with Gasteiger partial charge >= 0.3 is 12.2 Å². The fraction of sp³-hybridized carbons (Fsp3) is 0.595. The van der Waals surface area contributed by atoms with Gasteiger partial charge in [-0.1, -0.05) is 41.6 Å². The molecule has 2 amide bonds. The van der Waals surface area contributed by atoms with E-state index in [0.29, 0.717) is 18.1 Å². The maximum Gasteiger partial charge on any atom is 0.417 e. The molecule has 49 heavy (non-hydrogen) atoms. The Morgan fingerprint density at radius 2 is 1.53 bits per heavy atom. The molecule has 266 valence electrons. The summed E-state index contributed by atoms with van der Waals surface area (Å²) in [5.74, 6) is 0.503. The van der Waals surface area contributed by atoms with Crippen molar-refractivity contribution in [3.63, 3.8) is 0 Å². The molecule has 3 aromatic rings. The summed E-state index contributed by atoms with van der Waals surface area (Å²) in [7, 11) is 0. The van der Waals surface area contributed by atoms with E-state index in [-0.39, 0.29) is 35.6 Å². The van der Waals surface area contributed by atoms with Crippen molar-refractivity contribution < 1.29 is 37.1 Å². The Kier molecular flexibility index (Phi) is 8.91. The van der Waals surface area contributed by atoms with Crippen LogP contribution in [0.4, 0.5) is 28.0 Å².